The monoisotopic (exact) mass is 454 g/mol. The summed E-state index contributed by atoms with van der Waals surface area (Å²) in [7, 11) is 0. The second-order valence-corrected chi connectivity index (χ2v) is 9.88. The van der Waals surface area contributed by atoms with Crippen molar-refractivity contribution in [3.63, 3.8) is 0 Å². The number of hydrogen-bond donors (Lipinski definition) is 0. The molecule has 0 bridgehead atoms. The zero-order valence-electron chi connectivity index (χ0n) is 20.8. The van der Waals surface area contributed by atoms with E-state index in [0.29, 0.717) is 23.6 Å². The Balaban J connectivity index is 1.43. The summed E-state index contributed by atoms with van der Waals surface area (Å²) in [6, 6.07) is 8.96. The van der Waals surface area contributed by atoms with Gasteiger partial charge in [-0.3, -0.25) is 0 Å². The van der Waals surface area contributed by atoms with Crippen molar-refractivity contribution in [2.75, 3.05) is 6.61 Å². The van der Waals surface area contributed by atoms with Gasteiger partial charge in [-0.2, -0.15) is 10.2 Å². The minimum Gasteiger partial charge on any atom is -0.493 e. The van der Waals surface area contributed by atoms with Crippen LogP contribution in [0.5, 0.6) is 5.75 Å². The minimum atomic E-state index is -0.305. The fourth-order valence-corrected chi connectivity index (χ4v) is 4.98. The summed E-state index contributed by atoms with van der Waals surface area (Å²) in [5, 5.41) is 8.72. The lowest BCUT2D eigenvalue weighted by Gasteiger charge is -2.28. The van der Waals surface area contributed by atoms with Crippen molar-refractivity contribution in [2.45, 2.75) is 104 Å². The van der Waals surface area contributed by atoms with Crippen molar-refractivity contribution in [2.24, 2.45) is 11.8 Å². The van der Waals surface area contributed by atoms with Crippen molar-refractivity contribution in [3.8, 4) is 17.0 Å². The number of unbranched alkanes of at least 4 members (excludes halogenated alkanes) is 5. The Bertz CT molecular complexity index is 800. The van der Waals surface area contributed by atoms with Gasteiger partial charge in [0, 0.05) is 11.6 Å². The molecule has 1 aliphatic rings. The highest BCUT2D eigenvalue weighted by Gasteiger charge is 2.20. The zero-order valence-corrected chi connectivity index (χ0v) is 20.8. The normalized spacial score (nSPS) is 18.4. The summed E-state index contributed by atoms with van der Waals surface area (Å²) < 4.78 is 20.4. The average Bonchev–Trinajstić information content (AvgIpc) is 2.85. The largest absolute Gasteiger partial charge is 0.493 e. The SMILES string of the molecule is CCCCCCCOc1ccc(-c2ccc(CCC3CCC(CCCC)CC3)nn2)c(F)c1. The molecule has 1 fully saturated rings. The van der Waals surface area contributed by atoms with Crippen LogP contribution in [0.15, 0.2) is 30.3 Å². The van der Waals surface area contributed by atoms with Gasteiger partial charge in [0.2, 0.25) is 0 Å². The van der Waals surface area contributed by atoms with Gasteiger partial charge in [-0.1, -0.05) is 84.5 Å². The molecule has 1 aromatic carbocycles. The van der Waals surface area contributed by atoms with Crippen LogP contribution in [-0.2, 0) is 6.42 Å². The van der Waals surface area contributed by atoms with Crippen molar-refractivity contribution < 1.29 is 9.13 Å². The summed E-state index contributed by atoms with van der Waals surface area (Å²) in [5.74, 6) is 2.06. The van der Waals surface area contributed by atoms with Crippen molar-refractivity contribution in [3.05, 3.63) is 41.8 Å². The highest BCUT2D eigenvalue weighted by atomic mass is 19.1. The molecule has 0 amide bonds. The molecular weight excluding hydrogens is 411 g/mol. The number of nitrogens with zero attached hydrogens (tertiary/aromatic N) is 2. The van der Waals surface area contributed by atoms with Crippen molar-refractivity contribution in [1.29, 1.82) is 0 Å². The second-order valence-electron chi connectivity index (χ2n) is 9.88. The van der Waals surface area contributed by atoms with Gasteiger partial charge in [-0.05, 0) is 55.4 Å². The number of aromatic nitrogens is 2. The Kier molecular flexibility index (Phi) is 11.1. The van der Waals surface area contributed by atoms with E-state index in [4.69, 9.17) is 4.74 Å². The Morgan fingerprint density at radius 2 is 1.55 bits per heavy atom. The molecule has 2 aromatic rings. The van der Waals surface area contributed by atoms with Gasteiger partial charge in [0.05, 0.1) is 18.0 Å². The molecule has 33 heavy (non-hydrogen) atoms. The Morgan fingerprint density at radius 3 is 2.21 bits per heavy atom. The predicted octanol–water partition coefficient (Wildman–Crippen LogP) is 8.56. The standard InChI is InChI=1S/C29H43FN2O/c1-3-5-7-8-9-21-33-26-18-19-27(28(30)22-26)29-20-17-25(31-32-29)16-15-24-13-11-23(12-14-24)10-6-4-2/h17-20,22-24H,3-16,21H2,1-2H3. The molecule has 3 nitrogen and oxygen atoms in total. The highest BCUT2D eigenvalue weighted by Crippen LogP contribution is 2.34. The van der Waals surface area contributed by atoms with E-state index in [1.165, 1.54) is 76.7 Å². The fraction of sp³-hybridized carbons (Fsp3) is 0.655. The summed E-state index contributed by atoms with van der Waals surface area (Å²) in [5.41, 5.74) is 2.07. The van der Waals surface area contributed by atoms with E-state index in [1.54, 1.807) is 6.07 Å². The van der Waals surface area contributed by atoms with Crippen molar-refractivity contribution in [1.82, 2.24) is 10.2 Å². The molecule has 4 heteroatoms. The van der Waals surface area contributed by atoms with E-state index < -0.39 is 0 Å². The van der Waals surface area contributed by atoms with Crippen LogP contribution in [0.1, 0.15) is 103 Å². The van der Waals surface area contributed by atoms with E-state index in [1.807, 2.05) is 18.2 Å². The van der Waals surface area contributed by atoms with Gasteiger partial charge in [-0.25, -0.2) is 4.39 Å². The molecule has 1 heterocycles. The number of aryl methyl sites for hydroxylation is 1. The molecule has 0 saturated heterocycles. The third-order valence-corrected chi connectivity index (χ3v) is 7.19. The van der Waals surface area contributed by atoms with Crippen molar-refractivity contribution >= 4 is 0 Å². The molecule has 1 aromatic heterocycles. The third-order valence-electron chi connectivity index (χ3n) is 7.19. The van der Waals surface area contributed by atoms with Crippen LogP contribution in [0.25, 0.3) is 11.3 Å². The van der Waals surface area contributed by atoms with Gasteiger partial charge in [-0.15, -0.1) is 0 Å². The molecule has 0 atom stereocenters. The average molecular weight is 455 g/mol. The molecule has 0 radical (unpaired) electrons. The van der Waals surface area contributed by atoms with Gasteiger partial charge >= 0.3 is 0 Å². The summed E-state index contributed by atoms with van der Waals surface area (Å²) >= 11 is 0. The smallest absolute Gasteiger partial charge is 0.136 e. The summed E-state index contributed by atoms with van der Waals surface area (Å²) in [4.78, 5) is 0. The fourth-order valence-electron chi connectivity index (χ4n) is 4.98. The number of rotatable bonds is 14. The lowest BCUT2D eigenvalue weighted by molar-refractivity contribution is 0.249. The van der Waals surface area contributed by atoms with Crippen LogP contribution >= 0.6 is 0 Å². The van der Waals surface area contributed by atoms with Gasteiger partial charge < -0.3 is 4.74 Å². The quantitative estimate of drug-likeness (QED) is 0.268. The Hall–Kier alpha value is -1.97. The molecule has 1 saturated carbocycles. The number of benzene rings is 1. The Labute approximate surface area is 200 Å². The highest BCUT2D eigenvalue weighted by molar-refractivity contribution is 5.60. The number of ether oxygens (including phenoxy) is 1. The van der Waals surface area contributed by atoms with Gasteiger partial charge in [0.25, 0.3) is 0 Å². The maximum Gasteiger partial charge on any atom is 0.136 e. The van der Waals surface area contributed by atoms with Crippen LogP contribution in [0.4, 0.5) is 4.39 Å². The number of halogens is 1. The maximum atomic E-state index is 14.7. The second kappa shape index (κ2) is 14.3. The summed E-state index contributed by atoms with van der Waals surface area (Å²) in [6.07, 6.45) is 17.7. The number of hydrogen-bond acceptors (Lipinski definition) is 3. The molecule has 1 aliphatic carbocycles. The van der Waals surface area contributed by atoms with Crippen LogP contribution in [0.3, 0.4) is 0 Å². The van der Waals surface area contributed by atoms with E-state index in [0.717, 1.165) is 36.8 Å². The topological polar surface area (TPSA) is 35.0 Å². The van der Waals surface area contributed by atoms with Crippen LogP contribution in [0, 0.1) is 17.7 Å². The van der Waals surface area contributed by atoms with Crippen LogP contribution in [0.2, 0.25) is 0 Å². The first-order chi connectivity index (χ1) is 16.2. The first-order valence-corrected chi connectivity index (χ1v) is 13.4. The maximum absolute atomic E-state index is 14.7. The molecule has 0 N–H and O–H groups in total. The van der Waals surface area contributed by atoms with E-state index in [2.05, 4.69) is 24.0 Å². The first kappa shape index (κ1) is 25.6. The molecule has 0 unspecified atom stereocenters. The third kappa shape index (κ3) is 8.72. The Morgan fingerprint density at radius 1 is 0.818 bits per heavy atom. The molecule has 182 valence electrons. The molecule has 0 spiro atoms. The van der Waals surface area contributed by atoms with E-state index in [-0.39, 0.29) is 5.82 Å². The van der Waals surface area contributed by atoms with Crippen LogP contribution in [-0.4, -0.2) is 16.8 Å². The minimum absolute atomic E-state index is 0.305. The lowest BCUT2D eigenvalue weighted by Crippen LogP contribution is -2.15. The van der Waals surface area contributed by atoms with Gasteiger partial charge in [0.1, 0.15) is 11.6 Å². The lowest BCUT2D eigenvalue weighted by atomic mass is 9.78. The van der Waals surface area contributed by atoms with Gasteiger partial charge in [0.15, 0.2) is 0 Å². The molecular formula is C29H43FN2O. The predicted molar refractivity (Wildman–Crippen MR) is 135 cm³/mol. The summed E-state index contributed by atoms with van der Waals surface area (Å²) in [6.45, 7) is 5.13. The zero-order chi connectivity index (χ0) is 23.3. The molecule has 3 rings (SSSR count). The first-order valence-electron chi connectivity index (χ1n) is 13.4. The van der Waals surface area contributed by atoms with E-state index >= 15 is 0 Å². The van der Waals surface area contributed by atoms with Crippen LogP contribution < -0.4 is 4.74 Å². The molecule has 0 aliphatic heterocycles. The van der Waals surface area contributed by atoms with E-state index in [9.17, 15) is 4.39 Å².